The van der Waals surface area contributed by atoms with E-state index < -0.39 is 0 Å². The molecular formula is C15H29IN4O. The third kappa shape index (κ3) is 6.69. The summed E-state index contributed by atoms with van der Waals surface area (Å²) >= 11 is 0. The van der Waals surface area contributed by atoms with Crippen LogP contribution < -0.4 is 5.32 Å². The van der Waals surface area contributed by atoms with Gasteiger partial charge in [0.2, 0.25) is 0 Å². The zero-order chi connectivity index (χ0) is 15.2. The number of rotatable bonds is 6. The predicted molar refractivity (Wildman–Crippen MR) is 99.4 cm³/mol. The Morgan fingerprint density at radius 2 is 2.14 bits per heavy atom. The quantitative estimate of drug-likeness (QED) is 0.447. The van der Waals surface area contributed by atoms with E-state index in [2.05, 4.69) is 52.1 Å². The van der Waals surface area contributed by atoms with Crippen LogP contribution in [0.25, 0.3) is 0 Å². The molecule has 0 radical (unpaired) electrons. The molecule has 1 aromatic heterocycles. The van der Waals surface area contributed by atoms with Crippen molar-refractivity contribution in [2.45, 2.75) is 32.9 Å². The van der Waals surface area contributed by atoms with Crippen molar-refractivity contribution in [2.75, 3.05) is 27.2 Å². The second-order valence-electron chi connectivity index (χ2n) is 5.60. The Balaban J connectivity index is 0.00000400. The summed E-state index contributed by atoms with van der Waals surface area (Å²) in [6, 6.07) is 4.18. The van der Waals surface area contributed by atoms with Crippen LogP contribution in [0.5, 0.6) is 0 Å². The van der Waals surface area contributed by atoms with Crippen molar-refractivity contribution in [2.24, 2.45) is 12.0 Å². The average molecular weight is 408 g/mol. The molecule has 0 aliphatic rings. The third-order valence-corrected chi connectivity index (χ3v) is 3.31. The molecule has 0 spiro atoms. The first-order valence-electron chi connectivity index (χ1n) is 7.04. The minimum Gasteiger partial charge on any atom is -0.377 e. The van der Waals surface area contributed by atoms with Gasteiger partial charge in [-0.2, -0.15) is 0 Å². The highest BCUT2D eigenvalue weighted by Crippen LogP contribution is 2.08. The summed E-state index contributed by atoms with van der Waals surface area (Å²) in [5, 5.41) is 3.32. The Morgan fingerprint density at radius 3 is 2.62 bits per heavy atom. The van der Waals surface area contributed by atoms with Gasteiger partial charge in [0.15, 0.2) is 5.96 Å². The fraction of sp³-hybridized carbons (Fsp3) is 0.667. The van der Waals surface area contributed by atoms with Gasteiger partial charge < -0.3 is 19.5 Å². The van der Waals surface area contributed by atoms with Crippen LogP contribution >= 0.6 is 24.0 Å². The first kappa shape index (κ1) is 20.2. The van der Waals surface area contributed by atoms with Crippen LogP contribution in [-0.4, -0.2) is 48.3 Å². The number of methoxy groups -OCH3 is 1. The van der Waals surface area contributed by atoms with Crippen LogP contribution in [0, 0.1) is 0 Å². The topological polar surface area (TPSA) is 41.8 Å². The van der Waals surface area contributed by atoms with Crippen molar-refractivity contribution >= 4 is 29.9 Å². The van der Waals surface area contributed by atoms with Gasteiger partial charge in [-0.1, -0.05) is 0 Å². The molecule has 0 unspecified atom stereocenters. The van der Waals surface area contributed by atoms with Crippen LogP contribution in [0.1, 0.15) is 26.5 Å². The van der Waals surface area contributed by atoms with Gasteiger partial charge in [-0.05, 0) is 32.9 Å². The van der Waals surface area contributed by atoms with E-state index in [1.807, 2.05) is 20.9 Å². The molecule has 0 amide bonds. The van der Waals surface area contributed by atoms with Gasteiger partial charge in [0.25, 0.3) is 0 Å². The molecule has 0 atom stereocenters. The Labute approximate surface area is 145 Å². The minimum atomic E-state index is -0.244. The summed E-state index contributed by atoms with van der Waals surface area (Å²) in [4.78, 5) is 6.79. The van der Waals surface area contributed by atoms with E-state index in [-0.39, 0.29) is 29.6 Å². The number of ether oxygens (including phenoxy) is 1. The summed E-state index contributed by atoms with van der Waals surface area (Å²) in [5.41, 5.74) is 1.01. The highest BCUT2D eigenvalue weighted by Gasteiger charge is 2.17. The van der Waals surface area contributed by atoms with E-state index >= 15 is 0 Å². The molecule has 0 aliphatic carbocycles. The summed E-state index contributed by atoms with van der Waals surface area (Å²) in [6.07, 6.45) is 2.06. The Kier molecular flexibility index (Phi) is 8.96. The number of hydrogen-bond acceptors (Lipinski definition) is 2. The van der Waals surface area contributed by atoms with Gasteiger partial charge in [0.1, 0.15) is 0 Å². The van der Waals surface area contributed by atoms with E-state index in [9.17, 15) is 0 Å². The number of nitrogens with one attached hydrogen (secondary N) is 1. The minimum absolute atomic E-state index is 0. The van der Waals surface area contributed by atoms with Crippen molar-refractivity contribution < 1.29 is 4.74 Å². The molecule has 1 heterocycles. The zero-order valence-corrected chi connectivity index (χ0v) is 16.3. The largest absolute Gasteiger partial charge is 0.377 e. The number of aromatic nitrogens is 1. The van der Waals surface area contributed by atoms with E-state index in [1.165, 1.54) is 5.69 Å². The Hall–Kier alpha value is -0.760. The molecule has 6 heteroatoms. The van der Waals surface area contributed by atoms with Crippen LogP contribution in [0.4, 0.5) is 0 Å². The van der Waals surface area contributed by atoms with Crippen LogP contribution in [0.15, 0.2) is 23.3 Å². The second-order valence-corrected chi connectivity index (χ2v) is 5.60. The molecule has 0 bridgehead atoms. The number of guanidine groups is 1. The number of aliphatic imine (C=N–C) groups is 1. The van der Waals surface area contributed by atoms with E-state index in [0.717, 1.165) is 19.0 Å². The lowest BCUT2D eigenvalue weighted by Crippen LogP contribution is -2.40. The molecular weight excluding hydrogens is 379 g/mol. The normalized spacial score (nSPS) is 12.0. The smallest absolute Gasteiger partial charge is 0.194 e. The molecule has 21 heavy (non-hydrogen) atoms. The molecule has 0 aliphatic heterocycles. The van der Waals surface area contributed by atoms with Crippen LogP contribution in [0.2, 0.25) is 0 Å². The molecule has 0 saturated heterocycles. The lowest BCUT2D eigenvalue weighted by atomic mass is 10.1. The number of nitrogens with zero attached hydrogens (tertiary/aromatic N) is 3. The monoisotopic (exact) mass is 408 g/mol. The maximum Gasteiger partial charge on any atom is 0.194 e. The average Bonchev–Trinajstić information content (AvgIpc) is 2.80. The molecule has 122 valence electrons. The third-order valence-electron chi connectivity index (χ3n) is 3.31. The molecule has 0 saturated carbocycles. The lowest BCUT2D eigenvalue weighted by Gasteiger charge is -2.25. The SMILES string of the molecule is CCNC(=NCC(C)(C)OC)N(C)Cc1cccn1C.I. The van der Waals surface area contributed by atoms with E-state index in [4.69, 9.17) is 4.74 Å². The lowest BCUT2D eigenvalue weighted by molar-refractivity contribution is 0.0309. The van der Waals surface area contributed by atoms with Crippen molar-refractivity contribution in [1.82, 2.24) is 14.8 Å². The van der Waals surface area contributed by atoms with Gasteiger partial charge in [0, 0.05) is 39.6 Å². The van der Waals surface area contributed by atoms with Crippen molar-refractivity contribution in [1.29, 1.82) is 0 Å². The summed E-state index contributed by atoms with van der Waals surface area (Å²) in [6.45, 7) is 8.46. The summed E-state index contributed by atoms with van der Waals surface area (Å²) in [5.74, 6) is 0.902. The number of hydrogen-bond donors (Lipinski definition) is 1. The van der Waals surface area contributed by atoms with Gasteiger partial charge >= 0.3 is 0 Å². The Bertz CT molecular complexity index is 443. The molecule has 1 N–H and O–H groups in total. The first-order valence-corrected chi connectivity index (χ1v) is 7.04. The maximum absolute atomic E-state index is 5.41. The van der Waals surface area contributed by atoms with E-state index in [0.29, 0.717) is 6.54 Å². The molecule has 1 rings (SSSR count). The number of halogens is 1. The molecule has 0 fully saturated rings. The van der Waals surface area contributed by atoms with Gasteiger partial charge in [-0.15, -0.1) is 24.0 Å². The molecule has 5 nitrogen and oxygen atoms in total. The Morgan fingerprint density at radius 1 is 1.48 bits per heavy atom. The van der Waals surface area contributed by atoms with Crippen LogP contribution in [0.3, 0.4) is 0 Å². The standard InChI is InChI=1S/C15H28N4O.HI/c1-7-16-14(17-12-15(2,3)20-6)19(5)11-13-9-8-10-18(13)4;/h8-10H,7,11-12H2,1-6H3,(H,16,17);1H. The fourth-order valence-electron chi connectivity index (χ4n) is 1.78. The van der Waals surface area contributed by atoms with Crippen molar-refractivity contribution in [3.8, 4) is 0 Å². The summed E-state index contributed by atoms with van der Waals surface area (Å²) < 4.78 is 7.54. The first-order chi connectivity index (χ1) is 9.39. The highest BCUT2D eigenvalue weighted by molar-refractivity contribution is 14.0. The van der Waals surface area contributed by atoms with Crippen LogP contribution in [-0.2, 0) is 18.3 Å². The molecule has 0 aromatic carbocycles. The van der Waals surface area contributed by atoms with Gasteiger partial charge in [0.05, 0.1) is 18.7 Å². The second kappa shape index (κ2) is 9.30. The maximum atomic E-state index is 5.41. The van der Waals surface area contributed by atoms with Gasteiger partial charge in [-0.3, -0.25) is 4.99 Å². The zero-order valence-electron chi connectivity index (χ0n) is 14.0. The highest BCUT2D eigenvalue weighted by atomic mass is 127. The summed E-state index contributed by atoms with van der Waals surface area (Å²) in [7, 11) is 5.83. The van der Waals surface area contributed by atoms with Crippen molar-refractivity contribution in [3.63, 3.8) is 0 Å². The number of aryl methyl sites for hydroxylation is 1. The predicted octanol–water partition coefficient (Wildman–Crippen LogP) is 2.47. The molecule has 1 aromatic rings. The fourth-order valence-corrected chi connectivity index (χ4v) is 1.78. The van der Waals surface area contributed by atoms with Gasteiger partial charge in [-0.25, -0.2) is 0 Å². The van der Waals surface area contributed by atoms with Crippen molar-refractivity contribution in [3.05, 3.63) is 24.0 Å². The van der Waals surface area contributed by atoms with E-state index in [1.54, 1.807) is 7.11 Å².